The minimum absolute atomic E-state index is 0.165. The Morgan fingerprint density at radius 2 is 1.88 bits per heavy atom. The molecule has 128 valence electrons. The molecule has 1 aromatic heterocycles. The van der Waals surface area contributed by atoms with Crippen LogP contribution in [0.4, 0.5) is 0 Å². The normalized spacial score (nSPS) is 15.4. The molecule has 0 atom stereocenters. The van der Waals surface area contributed by atoms with Crippen LogP contribution in [0.2, 0.25) is 0 Å². The Morgan fingerprint density at radius 3 is 2.48 bits per heavy atom. The highest BCUT2D eigenvalue weighted by molar-refractivity contribution is 7.80. The van der Waals surface area contributed by atoms with Crippen LogP contribution in [0.3, 0.4) is 0 Å². The van der Waals surface area contributed by atoms with Gasteiger partial charge < -0.3 is 14.5 Å². The molecule has 2 heterocycles. The van der Waals surface area contributed by atoms with Crippen molar-refractivity contribution >= 4 is 35.3 Å². The number of carbonyl (C=O) groups excluding carboxylic acids is 2. The lowest BCUT2D eigenvalue weighted by Crippen LogP contribution is -2.21. The van der Waals surface area contributed by atoms with Crippen molar-refractivity contribution in [3.05, 3.63) is 53.4 Å². The summed E-state index contributed by atoms with van der Waals surface area (Å²) in [6.45, 7) is 3.61. The van der Waals surface area contributed by atoms with Crippen molar-refractivity contribution in [1.29, 1.82) is 0 Å². The zero-order valence-corrected chi connectivity index (χ0v) is 14.5. The second-order valence-electron chi connectivity index (χ2n) is 5.70. The number of carbonyl (C=O) groups is 2. The third kappa shape index (κ3) is 3.95. The van der Waals surface area contributed by atoms with Crippen molar-refractivity contribution in [2.45, 2.75) is 20.0 Å². The van der Waals surface area contributed by atoms with Crippen LogP contribution in [0.15, 0.2) is 46.5 Å². The van der Waals surface area contributed by atoms with Crippen LogP contribution in [0.5, 0.6) is 0 Å². The van der Waals surface area contributed by atoms with Gasteiger partial charge in [-0.3, -0.25) is 10.1 Å². The van der Waals surface area contributed by atoms with Gasteiger partial charge in [0.15, 0.2) is 5.11 Å². The molecule has 2 aromatic rings. The Balaban J connectivity index is 1.76. The molecule has 1 fully saturated rings. The fraction of sp³-hybridized carbons (Fsp3) is 0.167. The predicted molar refractivity (Wildman–Crippen MR) is 96.5 cm³/mol. The van der Waals surface area contributed by atoms with E-state index in [1.807, 2.05) is 0 Å². The Hall–Kier alpha value is -2.93. The molecule has 1 aliphatic heterocycles. The molecule has 7 heteroatoms. The Kier molecular flexibility index (Phi) is 4.67. The van der Waals surface area contributed by atoms with E-state index >= 15 is 0 Å². The molecule has 1 aliphatic rings. The van der Waals surface area contributed by atoms with Crippen LogP contribution in [0.1, 0.15) is 30.0 Å². The summed E-state index contributed by atoms with van der Waals surface area (Å²) in [7, 11) is 0. The lowest BCUT2D eigenvalue weighted by molar-refractivity contribution is -0.115. The maximum absolute atomic E-state index is 11.8. The smallest absolute Gasteiger partial charge is 0.338 e. The van der Waals surface area contributed by atoms with Crippen molar-refractivity contribution in [1.82, 2.24) is 10.6 Å². The van der Waals surface area contributed by atoms with Crippen molar-refractivity contribution in [2.75, 3.05) is 0 Å². The van der Waals surface area contributed by atoms with Crippen molar-refractivity contribution in [3.63, 3.8) is 0 Å². The standard InChI is InChI=1S/C18H16N2O4S/c1-10(2)23-17(22)12-5-3-11(4-6-12)15-8-7-13(24-15)9-14-16(21)20-18(25)19-14/h3-10H,1-2H3,(H2,19,20,21,25)/b14-9-. The molecule has 1 amide bonds. The number of amides is 1. The first-order chi connectivity index (χ1) is 11.9. The van der Waals surface area contributed by atoms with Crippen molar-refractivity contribution in [2.24, 2.45) is 0 Å². The number of hydrogen-bond donors (Lipinski definition) is 2. The van der Waals surface area contributed by atoms with Gasteiger partial charge in [-0.15, -0.1) is 0 Å². The van der Waals surface area contributed by atoms with Gasteiger partial charge in [-0.05, 0) is 50.3 Å². The fourth-order valence-electron chi connectivity index (χ4n) is 2.26. The molecular weight excluding hydrogens is 340 g/mol. The van der Waals surface area contributed by atoms with E-state index in [1.165, 1.54) is 0 Å². The molecule has 3 rings (SSSR count). The SMILES string of the molecule is CC(C)OC(=O)c1ccc(-c2ccc(/C=C3\NC(=S)NC3=O)o2)cc1. The number of benzene rings is 1. The lowest BCUT2D eigenvalue weighted by atomic mass is 10.1. The van der Waals surface area contributed by atoms with E-state index in [4.69, 9.17) is 21.4 Å². The maximum atomic E-state index is 11.8. The van der Waals surface area contributed by atoms with Crippen LogP contribution in [-0.2, 0) is 9.53 Å². The van der Waals surface area contributed by atoms with Crippen molar-refractivity contribution in [3.8, 4) is 11.3 Å². The zero-order chi connectivity index (χ0) is 18.0. The van der Waals surface area contributed by atoms with E-state index in [2.05, 4.69) is 10.6 Å². The molecule has 0 aliphatic carbocycles. The molecular formula is C18H16N2O4S. The Labute approximate surface area is 149 Å². The third-order valence-electron chi connectivity index (χ3n) is 3.38. The van der Waals surface area contributed by atoms with E-state index < -0.39 is 0 Å². The van der Waals surface area contributed by atoms with Gasteiger partial charge in [-0.2, -0.15) is 0 Å². The van der Waals surface area contributed by atoms with E-state index in [0.29, 0.717) is 22.8 Å². The van der Waals surface area contributed by atoms with Crippen LogP contribution in [-0.4, -0.2) is 23.1 Å². The Bertz CT molecular complexity index is 865. The molecule has 0 unspecified atom stereocenters. The van der Waals surface area contributed by atoms with Gasteiger partial charge in [-0.1, -0.05) is 12.1 Å². The molecule has 25 heavy (non-hydrogen) atoms. The molecule has 2 N–H and O–H groups in total. The van der Waals surface area contributed by atoms with Gasteiger partial charge in [-0.25, -0.2) is 4.79 Å². The largest absolute Gasteiger partial charge is 0.459 e. The summed E-state index contributed by atoms with van der Waals surface area (Å²) in [5.41, 5.74) is 1.62. The van der Waals surface area contributed by atoms with E-state index in [0.717, 1.165) is 5.56 Å². The zero-order valence-electron chi connectivity index (χ0n) is 13.7. The molecule has 0 radical (unpaired) electrons. The second-order valence-corrected chi connectivity index (χ2v) is 6.11. The highest BCUT2D eigenvalue weighted by atomic mass is 32.1. The van der Waals surface area contributed by atoms with Crippen LogP contribution in [0.25, 0.3) is 17.4 Å². The average molecular weight is 356 g/mol. The van der Waals surface area contributed by atoms with E-state index in [1.54, 1.807) is 56.3 Å². The van der Waals surface area contributed by atoms with Gasteiger partial charge in [0.05, 0.1) is 11.7 Å². The topological polar surface area (TPSA) is 80.6 Å². The number of furan rings is 1. The van der Waals surface area contributed by atoms with E-state index in [9.17, 15) is 9.59 Å². The van der Waals surface area contributed by atoms with Crippen LogP contribution in [0, 0.1) is 0 Å². The Morgan fingerprint density at radius 1 is 1.16 bits per heavy atom. The molecule has 1 aromatic carbocycles. The number of esters is 1. The minimum atomic E-state index is -0.360. The maximum Gasteiger partial charge on any atom is 0.338 e. The monoisotopic (exact) mass is 356 g/mol. The number of hydrogen-bond acceptors (Lipinski definition) is 5. The molecule has 1 saturated heterocycles. The summed E-state index contributed by atoms with van der Waals surface area (Å²) in [5, 5.41) is 5.51. The quantitative estimate of drug-likeness (QED) is 0.498. The minimum Gasteiger partial charge on any atom is -0.459 e. The summed E-state index contributed by atoms with van der Waals surface area (Å²) in [6.07, 6.45) is 1.41. The predicted octanol–water partition coefficient (Wildman–Crippen LogP) is 2.86. The molecule has 0 saturated carbocycles. The first kappa shape index (κ1) is 16.9. The fourth-order valence-corrected chi connectivity index (χ4v) is 2.47. The van der Waals surface area contributed by atoms with Gasteiger partial charge in [0, 0.05) is 11.6 Å². The summed E-state index contributed by atoms with van der Waals surface area (Å²) in [4.78, 5) is 23.5. The van der Waals surface area contributed by atoms with Crippen LogP contribution < -0.4 is 10.6 Å². The summed E-state index contributed by atoms with van der Waals surface area (Å²) >= 11 is 4.88. The first-order valence-corrected chi connectivity index (χ1v) is 8.08. The summed E-state index contributed by atoms with van der Waals surface area (Å²) in [5.74, 6) is 0.480. The third-order valence-corrected chi connectivity index (χ3v) is 3.59. The van der Waals surface area contributed by atoms with E-state index in [-0.39, 0.29) is 23.1 Å². The van der Waals surface area contributed by atoms with Crippen molar-refractivity contribution < 1.29 is 18.7 Å². The lowest BCUT2D eigenvalue weighted by Gasteiger charge is -2.07. The number of nitrogens with one attached hydrogen (secondary N) is 2. The molecule has 0 bridgehead atoms. The average Bonchev–Trinajstić information content (AvgIpc) is 3.14. The van der Waals surface area contributed by atoms with Gasteiger partial charge >= 0.3 is 5.97 Å². The van der Waals surface area contributed by atoms with Gasteiger partial charge in [0.2, 0.25) is 0 Å². The highest BCUT2D eigenvalue weighted by Gasteiger charge is 2.20. The summed E-state index contributed by atoms with van der Waals surface area (Å²) in [6, 6.07) is 10.5. The number of ether oxygens (including phenoxy) is 1. The highest BCUT2D eigenvalue weighted by Crippen LogP contribution is 2.24. The van der Waals surface area contributed by atoms with Crippen LogP contribution >= 0.6 is 12.2 Å². The molecule has 0 spiro atoms. The summed E-state index contributed by atoms with van der Waals surface area (Å²) < 4.78 is 10.9. The second kappa shape index (κ2) is 6.90. The van der Waals surface area contributed by atoms with Gasteiger partial charge in [0.1, 0.15) is 17.2 Å². The first-order valence-electron chi connectivity index (χ1n) is 7.67. The molecule has 6 nitrogen and oxygen atoms in total. The number of rotatable bonds is 4. The van der Waals surface area contributed by atoms with Gasteiger partial charge in [0.25, 0.3) is 5.91 Å². The number of thiocarbonyl (C=S) groups is 1.